The van der Waals surface area contributed by atoms with Gasteiger partial charge in [0, 0.05) is 6.54 Å². The molecular formula is C10H20N2. The van der Waals surface area contributed by atoms with Crippen LogP contribution in [0.25, 0.3) is 0 Å². The molecule has 0 spiro atoms. The van der Waals surface area contributed by atoms with Crippen molar-refractivity contribution in [2.24, 2.45) is 17.6 Å². The molecule has 0 bridgehead atoms. The normalized spacial score (nSPS) is 27.8. The first-order valence-electron chi connectivity index (χ1n) is 5.32. The van der Waals surface area contributed by atoms with Crippen molar-refractivity contribution < 1.29 is 0 Å². The lowest BCUT2D eigenvalue weighted by atomic mass is 10.0. The zero-order valence-corrected chi connectivity index (χ0v) is 7.84. The van der Waals surface area contributed by atoms with E-state index in [9.17, 15) is 0 Å². The Hall–Kier alpha value is -0.0800. The van der Waals surface area contributed by atoms with Crippen molar-refractivity contribution in [1.82, 2.24) is 4.90 Å². The van der Waals surface area contributed by atoms with Crippen LogP contribution in [0.1, 0.15) is 25.7 Å². The van der Waals surface area contributed by atoms with Crippen LogP contribution in [0.3, 0.4) is 0 Å². The van der Waals surface area contributed by atoms with Gasteiger partial charge in [-0.3, -0.25) is 0 Å². The fraction of sp³-hybridized carbons (Fsp3) is 1.00. The first kappa shape index (κ1) is 8.52. The lowest BCUT2D eigenvalue weighted by molar-refractivity contribution is 0.263. The third-order valence-electron chi connectivity index (χ3n) is 3.28. The van der Waals surface area contributed by atoms with Crippen LogP contribution < -0.4 is 5.73 Å². The third kappa shape index (κ3) is 1.99. The van der Waals surface area contributed by atoms with E-state index in [2.05, 4.69) is 4.90 Å². The molecule has 1 atom stereocenters. The summed E-state index contributed by atoms with van der Waals surface area (Å²) in [6.45, 7) is 4.83. The second kappa shape index (κ2) is 3.75. The van der Waals surface area contributed by atoms with Gasteiger partial charge in [0.1, 0.15) is 0 Å². The van der Waals surface area contributed by atoms with Gasteiger partial charge in [-0.25, -0.2) is 0 Å². The molecule has 2 fully saturated rings. The van der Waals surface area contributed by atoms with Crippen LogP contribution in [0.15, 0.2) is 0 Å². The maximum atomic E-state index is 5.77. The van der Waals surface area contributed by atoms with Crippen molar-refractivity contribution in [1.29, 1.82) is 0 Å². The maximum absolute atomic E-state index is 5.77. The molecule has 2 rings (SSSR count). The fourth-order valence-corrected chi connectivity index (χ4v) is 2.28. The van der Waals surface area contributed by atoms with Crippen molar-refractivity contribution in [2.45, 2.75) is 25.7 Å². The molecule has 1 saturated carbocycles. The highest BCUT2D eigenvalue weighted by Gasteiger charge is 2.31. The zero-order valence-electron chi connectivity index (χ0n) is 7.84. The van der Waals surface area contributed by atoms with Crippen LogP contribution in [0, 0.1) is 11.8 Å². The molecule has 2 heteroatoms. The molecule has 1 saturated heterocycles. The Morgan fingerprint density at radius 3 is 2.42 bits per heavy atom. The minimum atomic E-state index is 0.808. The molecule has 2 nitrogen and oxygen atoms in total. The van der Waals surface area contributed by atoms with Crippen molar-refractivity contribution in [2.75, 3.05) is 26.2 Å². The number of hydrogen-bond acceptors (Lipinski definition) is 2. The van der Waals surface area contributed by atoms with E-state index in [0.29, 0.717) is 0 Å². The van der Waals surface area contributed by atoms with E-state index in [4.69, 9.17) is 5.73 Å². The largest absolute Gasteiger partial charge is 0.330 e. The molecule has 1 aliphatic heterocycles. The highest BCUT2D eigenvalue weighted by Crippen LogP contribution is 2.36. The molecule has 0 aromatic carbocycles. The summed E-state index contributed by atoms with van der Waals surface area (Å²) >= 11 is 0. The van der Waals surface area contributed by atoms with Crippen LogP contribution in [0.2, 0.25) is 0 Å². The van der Waals surface area contributed by atoms with Gasteiger partial charge >= 0.3 is 0 Å². The number of hydrogen-bond donors (Lipinski definition) is 1. The van der Waals surface area contributed by atoms with Gasteiger partial charge in [0.25, 0.3) is 0 Å². The van der Waals surface area contributed by atoms with E-state index >= 15 is 0 Å². The Morgan fingerprint density at radius 2 is 1.92 bits per heavy atom. The molecule has 0 aromatic heterocycles. The van der Waals surface area contributed by atoms with Gasteiger partial charge in [0.2, 0.25) is 0 Å². The number of rotatable bonds is 4. The van der Waals surface area contributed by atoms with E-state index in [1.54, 1.807) is 0 Å². The first-order valence-corrected chi connectivity index (χ1v) is 5.32. The average molecular weight is 168 g/mol. The molecule has 2 aliphatic rings. The molecule has 12 heavy (non-hydrogen) atoms. The van der Waals surface area contributed by atoms with E-state index in [1.165, 1.54) is 45.3 Å². The van der Waals surface area contributed by atoms with Crippen LogP contribution >= 0.6 is 0 Å². The van der Waals surface area contributed by atoms with Crippen molar-refractivity contribution in [3.8, 4) is 0 Å². The second-order valence-corrected chi connectivity index (χ2v) is 4.34. The molecule has 2 N–H and O–H groups in total. The average Bonchev–Trinajstić information content (AvgIpc) is 2.80. The van der Waals surface area contributed by atoms with Gasteiger partial charge in [-0.15, -0.1) is 0 Å². The monoisotopic (exact) mass is 168 g/mol. The minimum Gasteiger partial charge on any atom is -0.330 e. The molecule has 0 aromatic rings. The minimum absolute atomic E-state index is 0.808. The molecular weight excluding hydrogens is 148 g/mol. The van der Waals surface area contributed by atoms with Gasteiger partial charge in [0.15, 0.2) is 0 Å². The second-order valence-electron chi connectivity index (χ2n) is 4.34. The topological polar surface area (TPSA) is 29.3 Å². The molecule has 70 valence electrons. The summed E-state index contributed by atoms with van der Waals surface area (Å²) in [5.41, 5.74) is 5.77. The number of likely N-dealkylation sites (tertiary alicyclic amines) is 1. The Labute approximate surface area is 75.1 Å². The zero-order chi connectivity index (χ0) is 8.39. The van der Waals surface area contributed by atoms with Gasteiger partial charge < -0.3 is 10.6 Å². The third-order valence-corrected chi connectivity index (χ3v) is 3.28. The van der Waals surface area contributed by atoms with Crippen molar-refractivity contribution in [3.05, 3.63) is 0 Å². The lowest BCUT2D eigenvalue weighted by Gasteiger charge is -2.21. The summed E-state index contributed by atoms with van der Waals surface area (Å²) in [5, 5.41) is 0. The van der Waals surface area contributed by atoms with Crippen LogP contribution in [-0.4, -0.2) is 31.1 Å². The fourth-order valence-electron chi connectivity index (χ4n) is 2.28. The van der Waals surface area contributed by atoms with Gasteiger partial charge in [0.05, 0.1) is 0 Å². The Kier molecular flexibility index (Phi) is 2.66. The quantitative estimate of drug-likeness (QED) is 0.680. The summed E-state index contributed by atoms with van der Waals surface area (Å²) in [6, 6.07) is 0. The van der Waals surface area contributed by atoms with E-state index in [-0.39, 0.29) is 0 Å². The van der Waals surface area contributed by atoms with Gasteiger partial charge in [-0.1, -0.05) is 0 Å². The summed E-state index contributed by atoms with van der Waals surface area (Å²) in [4.78, 5) is 2.59. The summed E-state index contributed by atoms with van der Waals surface area (Å²) in [7, 11) is 0. The highest BCUT2D eigenvalue weighted by atomic mass is 15.1. The first-order chi connectivity index (χ1) is 5.90. The number of nitrogens with zero attached hydrogens (tertiary/aromatic N) is 1. The van der Waals surface area contributed by atoms with Gasteiger partial charge in [-0.2, -0.15) is 0 Å². The van der Waals surface area contributed by atoms with Gasteiger partial charge in [-0.05, 0) is 57.2 Å². The van der Waals surface area contributed by atoms with Crippen molar-refractivity contribution >= 4 is 0 Å². The predicted octanol–water partition coefficient (Wildman–Crippen LogP) is 1.07. The Bertz CT molecular complexity index is 137. The smallest absolute Gasteiger partial charge is 0.00244 e. The molecule has 0 unspecified atom stereocenters. The standard InChI is InChI=1S/C10H20N2/c11-7-10(9-3-4-9)8-12-5-1-2-6-12/h9-10H,1-8,11H2/t10-/m0/s1. The van der Waals surface area contributed by atoms with Crippen LogP contribution in [-0.2, 0) is 0 Å². The highest BCUT2D eigenvalue weighted by molar-refractivity contribution is 4.84. The van der Waals surface area contributed by atoms with Crippen LogP contribution in [0.4, 0.5) is 0 Å². The lowest BCUT2D eigenvalue weighted by Crippen LogP contribution is -2.32. The van der Waals surface area contributed by atoms with E-state index in [0.717, 1.165) is 18.4 Å². The Balaban J connectivity index is 1.74. The maximum Gasteiger partial charge on any atom is 0.00244 e. The van der Waals surface area contributed by atoms with Crippen LogP contribution in [0.5, 0.6) is 0 Å². The number of nitrogens with two attached hydrogens (primary N) is 1. The summed E-state index contributed by atoms with van der Waals surface area (Å²) in [5.74, 6) is 1.79. The molecule has 0 amide bonds. The van der Waals surface area contributed by atoms with E-state index < -0.39 is 0 Å². The molecule has 0 radical (unpaired) electrons. The summed E-state index contributed by atoms with van der Waals surface area (Å²) < 4.78 is 0. The summed E-state index contributed by atoms with van der Waals surface area (Å²) in [6.07, 6.45) is 5.69. The SMILES string of the molecule is NC[C@@H](CN1CCCC1)C1CC1. The van der Waals surface area contributed by atoms with Crippen molar-refractivity contribution in [3.63, 3.8) is 0 Å². The Morgan fingerprint density at radius 1 is 1.25 bits per heavy atom. The molecule has 1 aliphatic carbocycles. The van der Waals surface area contributed by atoms with E-state index in [1.807, 2.05) is 0 Å². The predicted molar refractivity (Wildman–Crippen MR) is 50.9 cm³/mol. The molecule has 1 heterocycles.